The fourth-order valence-corrected chi connectivity index (χ4v) is 4.49. The van der Waals surface area contributed by atoms with Crippen molar-refractivity contribution in [2.45, 2.75) is 32.6 Å². The van der Waals surface area contributed by atoms with E-state index >= 15 is 0 Å². The molecule has 2 aromatic carbocycles. The first-order valence-electron chi connectivity index (χ1n) is 10.7. The van der Waals surface area contributed by atoms with Crippen molar-refractivity contribution in [2.75, 3.05) is 33.4 Å². The summed E-state index contributed by atoms with van der Waals surface area (Å²) in [5.41, 5.74) is 3.08. The SMILES string of the molecule is COc1ccc(CCN2CCC(Cc3ccc(Br)c(OCC=O)c3)CC2)cc1C(C)=O. The van der Waals surface area contributed by atoms with E-state index in [1.807, 2.05) is 24.3 Å². The molecule has 166 valence electrons. The van der Waals surface area contributed by atoms with Crippen LogP contribution in [0.4, 0.5) is 0 Å². The molecule has 3 rings (SSSR count). The van der Waals surface area contributed by atoms with Gasteiger partial charge in [-0.05, 0) is 103 Å². The van der Waals surface area contributed by atoms with Crippen LogP contribution in [0.5, 0.6) is 11.5 Å². The van der Waals surface area contributed by atoms with Gasteiger partial charge in [0.1, 0.15) is 18.1 Å². The molecule has 0 aromatic heterocycles. The van der Waals surface area contributed by atoms with Crippen molar-refractivity contribution in [2.24, 2.45) is 5.92 Å². The minimum Gasteiger partial charge on any atom is -0.496 e. The lowest BCUT2D eigenvalue weighted by Crippen LogP contribution is -2.35. The number of carbonyl (C=O) groups is 2. The van der Waals surface area contributed by atoms with Crippen molar-refractivity contribution in [3.63, 3.8) is 0 Å². The van der Waals surface area contributed by atoms with Crippen LogP contribution < -0.4 is 9.47 Å². The Morgan fingerprint density at radius 2 is 1.87 bits per heavy atom. The van der Waals surface area contributed by atoms with Crippen LogP contribution in [0.25, 0.3) is 0 Å². The van der Waals surface area contributed by atoms with E-state index < -0.39 is 0 Å². The number of ketones is 1. The highest BCUT2D eigenvalue weighted by Crippen LogP contribution is 2.29. The number of benzene rings is 2. The second-order valence-corrected chi connectivity index (χ2v) is 8.93. The third kappa shape index (κ3) is 6.65. The van der Waals surface area contributed by atoms with Crippen molar-refractivity contribution in [3.8, 4) is 11.5 Å². The van der Waals surface area contributed by atoms with E-state index in [0.717, 1.165) is 49.0 Å². The third-order valence-corrected chi connectivity index (χ3v) is 6.55. The average molecular weight is 488 g/mol. The topological polar surface area (TPSA) is 55.8 Å². The molecule has 1 fully saturated rings. The summed E-state index contributed by atoms with van der Waals surface area (Å²) < 4.78 is 11.7. The summed E-state index contributed by atoms with van der Waals surface area (Å²) in [5.74, 6) is 2.06. The molecule has 31 heavy (non-hydrogen) atoms. The maximum atomic E-state index is 11.8. The second kappa shape index (κ2) is 11.4. The van der Waals surface area contributed by atoms with Crippen LogP contribution in [0.2, 0.25) is 0 Å². The van der Waals surface area contributed by atoms with E-state index in [9.17, 15) is 9.59 Å². The number of hydrogen-bond acceptors (Lipinski definition) is 5. The zero-order valence-corrected chi connectivity index (χ0v) is 19.8. The van der Waals surface area contributed by atoms with Crippen molar-refractivity contribution in [1.29, 1.82) is 0 Å². The monoisotopic (exact) mass is 487 g/mol. The Morgan fingerprint density at radius 3 is 2.55 bits per heavy atom. The molecule has 0 aliphatic carbocycles. The molecule has 0 amide bonds. The van der Waals surface area contributed by atoms with Crippen molar-refractivity contribution in [1.82, 2.24) is 4.90 Å². The minimum atomic E-state index is 0.0344. The number of methoxy groups -OCH3 is 1. The third-order valence-electron chi connectivity index (χ3n) is 5.89. The van der Waals surface area contributed by atoms with E-state index in [-0.39, 0.29) is 12.4 Å². The van der Waals surface area contributed by atoms with Crippen LogP contribution >= 0.6 is 15.9 Å². The van der Waals surface area contributed by atoms with Gasteiger partial charge in [0.15, 0.2) is 12.1 Å². The summed E-state index contributed by atoms with van der Waals surface area (Å²) in [6.07, 6.45) is 5.06. The predicted octanol–water partition coefficient (Wildman–Crippen LogP) is 4.74. The molecule has 2 aromatic rings. The minimum absolute atomic E-state index is 0.0344. The normalized spacial score (nSPS) is 14.9. The van der Waals surface area contributed by atoms with E-state index in [1.54, 1.807) is 14.0 Å². The van der Waals surface area contributed by atoms with Crippen molar-refractivity contribution < 1.29 is 19.1 Å². The van der Waals surface area contributed by atoms with E-state index in [4.69, 9.17) is 9.47 Å². The lowest BCUT2D eigenvalue weighted by Gasteiger charge is -2.32. The van der Waals surface area contributed by atoms with E-state index in [2.05, 4.69) is 33.0 Å². The molecule has 1 heterocycles. The lowest BCUT2D eigenvalue weighted by atomic mass is 9.90. The van der Waals surface area contributed by atoms with Gasteiger partial charge < -0.3 is 14.4 Å². The number of ether oxygens (including phenoxy) is 2. The molecule has 0 spiro atoms. The number of carbonyl (C=O) groups excluding carboxylic acids is 2. The maximum Gasteiger partial charge on any atom is 0.163 e. The van der Waals surface area contributed by atoms with Crippen molar-refractivity contribution >= 4 is 28.0 Å². The summed E-state index contributed by atoms with van der Waals surface area (Å²) >= 11 is 3.48. The summed E-state index contributed by atoms with van der Waals surface area (Å²) in [5, 5.41) is 0. The van der Waals surface area contributed by atoms with Gasteiger partial charge in [0.05, 0.1) is 17.1 Å². The summed E-state index contributed by atoms with van der Waals surface area (Å²) in [4.78, 5) is 24.9. The highest BCUT2D eigenvalue weighted by molar-refractivity contribution is 9.10. The van der Waals surface area contributed by atoms with E-state index in [1.165, 1.54) is 24.0 Å². The first-order valence-corrected chi connectivity index (χ1v) is 11.5. The molecule has 0 N–H and O–H groups in total. The Bertz CT molecular complexity index is 906. The molecule has 0 bridgehead atoms. The molecule has 1 aliphatic rings. The van der Waals surface area contributed by atoms with Gasteiger partial charge in [0, 0.05) is 6.54 Å². The number of rotatable bonds is 10. The Labute approximate surface area is 192 Å². The van der Waals surface area contributed by atoms with Gasteiger partial charge in [-0.15, -0.1) is 0 Å². The summed E-state index contributed by atoms with van der Waals surface area (Å²) in [6, 6.07) is 12.1. The summed E-state index contributed by atoms with van der Waals surface area (Å²) in [6.45, 7) is 4.83. The molecular weight excluding hydrogens is 458 g/mol. The highest BCUT2D eigenvalue weighted by atomic mass is 79.9. The number of halogens is 1. The van der Waals surface area contributed by atoms with E-state index in [0.29, 0.717) is 17.2 Å². The predicted molar refractivity (Wildman–Crippen MR) is 125 cm³/mol. The molecule has 1 saturated heterocycles. The van der Waals surface area contributed by atoms with Gasteiger partial charge in [-0.3, -0.25) is 9.59 Å². The number of aldehydes is 1. The van der Waals surface area contributed by atoms with Crippen molar-refractivity contribution in [3.05, 3.63) is 57.6 Å². The Hall–Kier alpha value is -2.18. The number of likely N-dealkylation sites (tertiary alicyclic amines) is 1. The Morgan fingerprint density at radius 1 is 1.13 bits per heavy atom. The van der Waals surface area contributed by atoms with Gasteiger partial charge in [0.25, 0.3) is 0 Å². The number of piperidine rings is 1. The zero-order chi connectivity index (χ0) is 22.2. The first-order chi connectivity index (χ1) is 15.0. The number of hydrogen-bond donors (Lipinski definition) is 0. The molecule has 0 saturated carbocycles. The maximum absolute atomic E-state index is 11.8. The molecule has 0 radical (unpaired) electrons. The molecule has 0 atom stereocenters. The van der Waals surface area contributed by atoms with Crippen LogP contribution in [0.15, 0.2) is 40.9 Å². The smallest absolute Gasteiger partial charge is 0.163 e. The van der Waals surface area contributed by atoms with Gasteiger partial charge in [-0.2, -0.15) is 0 Å². The van der Waals surface area contributed by atoms with Gasteiger partial charge in [0.2, 0.25) is 0 Å². The van der Waals surface area contributed by atoms with Gasteiger partial charge in [-0.1, -0.05) is 12.1 Å². The average Bonchev–Trinajstić information content (AvgIpc) is 2.78. The number of Topliss-reactive ketones (excluding diaryl/α,β-unsaturated/α-hetero) is 1. The standard InChI is InChI=1S/C25H30BrNO4/c1-18(29)22-16-19(4-6-24(22)30-2)7-10-27-11-8-20(9-12-27)15-21-3-5-23(26)25(17-21)31-14-13-28/h3-6,13,16-17,20H,7-12,14-15H2,1-2H3. The van der Waals surface area contributed by atoms with Crippen LogP contribution in [0.1, 0.15) is 41.3 Å². The Balaban J connectivity index is 1.48. The Kier molecular flexibility index (Phi) is 8.67. The molecule has 6 heteroatoms. The van der Waals surface area contributed by atoms with Gasteiger partial charge >= 0.3 is 0 Å². The quantitative estimate of drug-likeness (QED) is 0.358. The zero-order valence-electron chi connectivity index (χ0n) is 18.2. The lowest BCUT2D eigenvalue weighted by molar-refractivity contribution is -0.109. The first kappa shape index (κ1) is 23.5. The fourth-order valence-electron chi connectivity index (χ4n) is 4.13. The van der Waals surface area contributed by atoms with Crippen LogP contribution in [-0.4, -0.2) is 50.3 Å². The molecule has 0 unspecified atom stereocenters. The number of nitrogens with zero attached hydrogens (tertiary/aromatic N) is 1. The fraction of sp³-hybridized carbons (Fsp3) is 0.440. The van der Waals surface area contributed by atoms with Crippen LogP contribution in [-0.2, 0) is 17.6 Å². The van der Waals surface area contributed by atoms with Crippen LogP contribution in [0, 0.1) is 5.92 Å². The molecule has 1 aliphatic heterocycles. The summed E-state index contributed by atoms with van der Waals surface area (Å²) in [7, 11) is 1.60. The second-order valence-electron chi connectivity index (χ2n) is 8.07. The van der Waals surface area contributed by atoms with Crippen LogP contribution in [0.3, 0.4) is 0 Å². The molecule has 5 nitrogen and oxygen atoms in total. The van der Waals surface area contributed by atoms with Gasteiger partial charge in [-0.25, -0.2) is 0 Å². The largest absolute Gasteiger partial charge is 0.496 e. The highest BCUT2D eigenvalue weighted by Gasteiger charge is 2.20. The molecular formula is C25H30BrNO4.